The van der Waals surface area contributed by atoms with Gasteiger partial charge in [-0.2, -0.15) is 0 Å². The molecule has 1 fully saturated rings. The Balaban J connectivity index is 2.17. The molecule has 0 aromatic carbocycles. The smallest absolute Gasteiger partial charge is 0.0905 e. The molecule has 0 spiro atoms. The van der Waals surface area contributed by atoms with Crippen molar-refractivity contribution in [2.75, 3.05) is 26.9 Å². The second kappa shape index (κ2) is 6.46. The zero-order valence-corrected chi connectivity index (χ0v) is 10.00. The minimum Gasteiger partial charge on any atom is -0.387 e. The fourth-order valence-electron chi connectivity index (χ4n) is 2.17. The lowest BCUT2D eigenvalue weighted by Crippen LogP contribution is -2.43. The van der Waals surface area contributed by atoms with E-state index >= 15 is 0 Å². The van der Waals surface area contributed by atoms with Crippen molar-refractivity contribution in [3.63, 3.8) is 0 Å². The molecular weight excluding hydrogens is 192 g/mol. The predicted octanol–water partition coefficient (Wildman–Crippen LogP) is 1.98. The average molecular weight is 216 g/mol. The fourth-order valence-corrected chi connectivity index (χ4v) is 2.17. The Bertz CT molecular complexity index is 172. The third-order valence-electron chi connectivity index (χ3n) is 3.40. The maximum atomic E-state index is 10.3. The van der Waals surface area contributed by atoms with Crippen molar-refractivity contribution in [1.29, 1.82) is 0 Å². The molecule has 2 atom stereocenters. The summed E-state index contributed by atoms with van der Waals surface area (Å²) >= 11 is 0. The van der Waals surface area contributed by atoms with Crippen molar-refractivity contribution in [2.45, 2.75) is 44.6 Å². The molecule has 2 unspecified atom stereocenters. The normalized spacial score (nSPS) is 31.8. The molecule has 90 valence electrons. The summed E-state index contributed by atoms with van der Waals surface area (Å²) in [7, 11) is 1.69. The Kier molecular flexibility index (Phi) is 5.58. The van der Waals surface area contributed by atoms with Crippen molar-refractivity contribution in [3.05, 3.63) is 0 Å². The van der Waals surface area contributed by atoms with E-state index in [2.05, 4.69) is 6.92 Å². The average Bonchev–Trinajstić information content (AvgIpc) is 2.23. The van der Waals surface area contributed by atoms with Gasteiger partial charge in [-0.15, -0.1) is 0 Å². The highest BCUT2D eigenvalue weighted by molar-refractivity contribution is 4.87. The van der Waals surface area contributed by atoms with Crippen LogP contribution in [-0.4, -0.2) is 37.6 Å². The number of aliphatic hydroxyl groups is 1. The van der Waals surface area contributed by atoms with Crippen molar-refractivity contribution in [1.82, 2.24) is 0 Å². The molecule has 1 saturated carbocycles. The highest BCUT2D eigenvalue weighted by Gasteiger charge is 2.35. The van der Waals surface area contributed by atoms with E-state index in [1.807, 2.05) is 0 Å². The molecule has 0 aliphatic heterocycles. The first-order valence-electron chi connectivity index (χ1n) is 5.98. The van der Waals surface area contributed by atoms with Gasteiger partial charge in [-0.1, -0.05) is 19.8 Å². The lowest BCUT2D eigenvalue weighted by Gasteiger charge is -2.37. The predicted molar refractivity (Wildman–Crippen MR) is 59.9 cm³/mol. The first-order chi connectivity index (χ1) is 7.19. The van der Waals surface area contributed by atoms with E-state index in [-0.39, 0.29) is 0 Å². The Morgan fingerprint density at radius 1 is 1.33 bits per heavy atom. The van der Waals surface area contributed by atoms with Crippen LogP contribution in [0.2, 0.25) is 0 Å². The largest absolute Gasteiger partial charge is 0.387 e. The summed E-state index contributed by atoms with van der Waals surface area (Å²) in [5.41, 5.74) is -0.578. The summed E-state index contributed by atoms with van der Waals surface area (Å²) in [6.07, 6.45) is 5.28. The molecule has 1 aliphatic rings. The van der Waals surface area contributed by atoms with Gasteiger partial charge in [0.05, 0.1) is 12.2 Å². The van der Waals surface area contributed by atoms with Gasteiger partial charge in [-0.3, -0.25) is 0 Å². The molecule has 0 saturated heterocycles. The maximum absolute atomic E-state index is 10.3. The van der Waals surface area contributed by atoms with E-state index in [0.717, 1.165) is 32.3 Å². The van der Waals surface area contributed by atoms with Gasteiger partial charge in [0.1, 0.15) is 0 Å². The summed E-state index contributed by atoms with van der Waals surface area (Å²) in [5, 5.41) is 10.3. The Labute approximate surface area is 92.8 Å². The lowest BCUT2D eigenvalue weighted by atomic mass is 9.77. The molecule has 15 heavy (non-hydrogen) atoms. The summed E-state index contributed by atoms with van der Waals surface area (Å²) in [6.45, 7) is 4.02. The van der Waals surface area contributed by atoms with Crippen LogP contribution >= 0.6 is 0 Å². The first-order valence-corrected chi connectivity index (χ1v) is 5.98. The van der Waals surface area contributed by atoms with Crippen LogP contribution < -0.4 is 0 Å². The molecule has 1 aliphatic carbocycles. The van der Waals surface area contributed by atoms with Gasteiger partial charge in [0, 0.05) is 20.3 Å². The van der Waals surface area contributed by atoms with Gasteiger partial charge in [-0.05, 0) is 25.2 Å². The third kappa shape index (κ3) is 4.09. The Hall–Kier alpha value is -0.120. The van der Waals surface area contributed by atoms with E-state index in [0.29, 0.717) is 19.1 Å². The number of hydrogen-bond acceptors (Lipinski definition) is 3. The molecule has 1 rings (SSSR count). The Morgan fingerprint density at radius 3 is 2.80 bits per heavy atom. The molecule has 0 radical (unpaired) electrons. The second-order valence-electron chi connectivity index (χ2n) is 4.65. The van der Waals surface area contributed by atoms with Gasteiger partial charge in [0.15, 0.2) is 0 Å². The SMILES string of the molecule is COCCCOCC1(O)CCCCC1C. The van der Waals surface area contributed by atoms with Gasteiger partial charge < -0.3 is 14.6 Å². The van der Waals surface area contributed by atoms with Crippen molar-refractivity contribution in [3.8, 4) is 0 Å². The zero-order chi connectivity index (χ0) is 11.1. The molecule has 0 amide bonds. The summed E-state index contributed by atoms with van der Waals surface area (Å²) in [6, 6.07) is 0. The molecule has 3 heteroatoms. The van der Waals surface area contributed by atoms with Crippen molar-refractivity contribution >= 4 is 0 Å². The minimum atomic E-state index is -0.578. The first kappa shape index (κ1) is 12.9. The van der Waals surface area contributed by atoms with E-state index in [1.165, 1.54) is 6.42 Å². The highest BCUT2D eigenvalue weighted by Crippen LogP contribution is 2.33. The molecule has 0 bridgehead atoms. The number of ether oxygens (including phenoxy) is 2. The topological polar surface area (TPSA) is 38.7 Å². The van der Waals surface area contributed by atoms with Gasteiger partial charge in [0.2, 0.25) is 0 Å². The van der Waals surface area contributed by atoms with E-state index in [9.17, 15) is 5.11 Å². The van der Waals surface area contributed by atoms with Gasteiger partial charge >= 0.3 is 0 Å². The zero-order valence-electron chi connectivity index (χ0n) is 10.00. The molecule has 0 aromatic rings. The second-order valence-corrected chi connectivity index (χ2v) is 4.65. The van der Waals surface area contributed by atoms with Crippen LogP contribution in [0.1, 0.15) is 39.0 Å². The van der Waals surface area contributed by atoms with Crippen LogP contribution in [0.5, 0.6) is 0 Å². The highest BCUT2D eigenvalue weighted by atomic mass is 16.5. The molecule has 0 aromatic heterocycles. The van der Waals surface area contributed by atoms with Crippen LogP contribution in [0.4, 0.5) is 0 Å². The Morgan fingerprint density at radius 2 is 2.13 bits per heavy atom. The molecule has 3 nitrogen and oxygen atoms in total. The maximum Gasteiger partial charge on any atom is 0.0905 e. The fraction of sp³-hybridized carbons (Fsp3) is 1.00. The van der Waals surface area contributed by atoms with Crippen LogP contribution in [0.15, 0.2) is 0 Å². The van der Waals surface area contributed by atoms with Crippen LogP contribution in [0.25, 0.3) is 0 Å². The summed E-state index contributed by atoms with van der Waals surface area (Å²) in [4.78, 5) is 0. The monoisotopic (exact) mass is 216 g/mol. The number of hydrogen-bond donors (Lipinski definition) is 1. The van der Waals surface area contributed by atoms with Crippen LogP contribution in [0.3, 0.4) is 0 Å². The number of methoxy groups -OCH3 is 1. The van der Waals surface area contributed by atoms with Crippen molar-refractivity contribution in [2.24, 2.45) is 5.92 Å². The van der Waals surface area contributed by atoms with E-state index in [4.69, 9.17) is 9.47 Å². The quantitative estimate of drug-likeness (QED) is 0.690. The van der Waals surface area contributed by atoms with E-state index < -0.39 is 5.60 Å². The van der Waals surface area contributed by atoms with Gasteiger partial charge in [-0.25, -0.2) is 0 Å². The van der Waals surface area contributed by atoms with Gasteiger partial charge in [0.25, 0.3) is 0 Å². The summed E-state index contributed by atoms with van der Waals surface area (Å²) in [5.74, 6) is 0.369. The standard InChI is InChI=1S/C12H24O3/c1-11-6-3-4-7-12(11,13)10-15-9-5-8-14-2/h11,13H,3-10H2,1-2H3. The van der Waals surface area contributed by atoms with Crippen LogP contribution in [0, 0.1) is 5.92 Å². The van der Waals surface area contributed by atoms with Crippen molar-refractivity contribution < 1.29 is 14.6 Å². The summed E-state index contributed by atoms with van der Waals surface area (Å²) < 4.78 is 10.5. The minimum absolute atomic E-state index is 0.369. The molecule has 1 N–H and O–H groups in total. The van der Waals surface area contributed by atoms with Crippen LogP contribution in [-0.2, 0) is 9.47 Å². The molecular formula is C12H24O3. The molecule has 0 heterocycles. The lowest BCUT2D eigenvalue weighted by molar-refractivity contribution is -0.101. The van der Waals surface area contributed by atoms with E-state index in [1.54, 1.807) is 7.11 Å². The number of rotatable bonds is 6. The third-order valence-corrected chi connectivity index (χ3v) is 3.40.